The van der Waals surface area contributed by atoms with Gasteiger partial charge in [0, 0.05) is 44.7 Å². The lowest BCUT2D eigenvalue weighted by atomic mass is 10.2. The normalized spacial score (nSPS) is 18.7. The van der Waals surface area contributed by atoms with Crippen molar-refractivity contribution < 1.29 is 4.79 Å². The number of carbonyl (C=O) groups excluding carboxylic acids is 1. The van der Waals surface area contributed by atoms with Gasteiger partial charge in [-0.2, -0.15) is 5.10 Å². The topological polar surface area (TPSA) is 54.3 Å². The van der Waals surface area contributed by atoms with E-state index in [-0.39, 0.29) is 5.91 Å². The van der Waals surface area contributed by atoms with Gasteiger partial charge in [0.15, 0.2) is 0 Å². The van der Waals surface area contributed by atoms with Gasteiger partial charge in [-0.05, 0) is 44.4 Å². The summed E-state index contributed by atoms with van der Waals surface area (Å²) in [6, 6.07) is 4.51. The van der Waals surface area contributed by atoms with Crippen molar-refractivity contribution in [3.63, 3.8) is 0 Å². The predicted molar refractivity (Wildman–Crippen MR) is 97.1 cm³/mol. The third-order valence-electron chi connectivity index (χ3n) is 5.26. The number of carbonyl (C=O) groups is 1. The molecule has 2 aliphatic heterocycles. The van der Waals surface area contributed by atoms with Gasteiger partial charge in [0.05, 0.1) is 17.6 Å². The van der Waals surface area contributed by atoms with Crippen molar-refractivity contribution in [2.45, 2.75) is 45.6 Å². The second-order valence-corrected chi connectivity index (χ2v) is 7.20. The van der Waals surface area contributed by atoms with E-state index in [4.69, 9.17) is 5.10 Å². The quantitative estimate of drug-likeness (QED) is 0.860. The van der Waals surface area contributed by atoms with Crippen LogP contribution >= 0.6 is 0 Å². The molecule has 2 aromatic rings. The van der Waals surface area contributed by atoms with Crippen LogP contribution in [0.25, 0.3) is 5.69 Å². The average molecular weight is 339 g/mol. The third kappa shape index (κ3) is 3.18. The highest BCUT2D eigenvalue weighted by Gasteiger charge is 2.23. The summed E-state index contributed by atoms with van der Waals surface area (Å²) in [5, 5.41) is 4.79. The number of fused-ring (bicyclic) bond motifs is 1. The molecule has 4 heterocycles. The molecule has 25 heavy (non-hydrogen) atoms. The van der Waals surface area contributed by atoms with E-state index in [1.165, 1.54) is 11.3 Å². The largest absolute Gasteiger partial charge is 0.300 e. The Balaban J connectivity index is 1.52. The summed E-state index contributed by atoms with van der Waals surface area (Å²) < 4.78 is 1.93. The van der Waals surface area contributed by atoms with Crippen molar-refractivity contribution in [2.75, 3.05) is 24.5 Å². The van der Waals surface area contributed by atoms with Crippen molar-refractivity contribution in [3.05, 3.63) is 35.8 Å². The summed E-state index contributed by atoms with van der Waals surface area (Å²) in [5.41, 5.74) is 3.48. The lowest BCUT2D eigenvalue weighted by Gasteiger charge is -2.23. The maximum absolute atomic E-state index is 11.8. The molecular formula is C19H25N5O. The molecule has 0 bridgehead atoms. The van der Waals surface area contributed by atoms with E-state index in [2.05, 4.69) is 29.9 Å². The molecule has 0 N–H and O–H groups in total. The van der Waals surface area contributed by atoms with Gasteiger partial charge in [-0.25, -0.2) is 9.67 Å². The van der Waals surface area contributed by atoms with E-state index < -0.39 is 0 Å². The number of hydrogen-bond acceptors (Lipinski definition) is 4. The van der Waals surface area contributed by atoms with Gasteiger partial charge in [-0.1, -0.05) is 0 Å². The molecule has 0 aromatic carbocycles. The summed E-state index contributed by atoms with van der Waals surface area (Å²) in [6.45, 7) is 7.43. The Hall–Kier alpha value is -2.21. The van der Waals surface area contributed by atoms with Crippen LogP contribution in [-0.4, -0.2) is 51.2 Å². The van der Waals surface area contributed by atoms with Crippen LogP contribution in [-0.2, 0) is 17.6 Å². The first-order valence-corrected chi connectivity index (χ1v) is 9.20. The van der Waals surface area contributed by atoms with Crippen LogP contribution in [0.2, 0.25) is 0 Å². The zero-order valence-corrected chi connectivity index (χ0v) is 15.0. The van der Waals surface area contributed by atoms with Crippen molar-refractivity contribution in [1.29, 1.82) is 0 Å². The Bertz CT molecular complexity index is 739. The number of amides is 1. The summed E-state index contributed by atoms with van der Waals surface area (Å²) in [6.07, 6.45) is 7.53. The minimum absolute atomic E-state index is 0.167. The molecule has 0 saturated carbocycles. The van der Waals surface area contributed by atoms with Gasteiger partial charge in [0.25, 0.3) is 0 Å². The van der Waals surface area contributed by atoms with E-state index in [0.29, 0.717) is 12.5 Å². The van der Waals surface area contributed by atoms with Crippen LogP contribution in [0.3, 0.4) is 0 Å². The van der Waals surface area contributed by atoms with E-state index >= 15 is 0 Å². The number of rotatable bonds is 3. The summed E-state index contributed by atoms with van der Waals surface area (Å²) >= 11 is 0. The number of nitrogens with zero attached hydrogens (tertiary/aromatic N) is 5. The lowest BCUT2D eigenvalue weighted by Crippen LogP contribution is -2.33. The molecule has 0 atom stereocenters. The number of aromatic nitrogens is 3. The lowest BCUT2D eigenvalue weighted by molar-refractivity contribution is -0.117. The van der Waals surface area contributed by atoms with Crippen LogP contribution < -0.4 is 4.90 Å². The maximum atomic E-state index is 11.8. The average Bonchev–Trinajstić information content (AvgIpc) is 3.16. The maximum Gasteiger partial charge on any atom is 0.228 e. The summed E-state index contributed by atoms with van der Waals surface area (Å²) in [5.74, 6) is 0.910. The molecule has 0 unspecified atom stereocenters. The number of pyridine rings is 1. The second-order valence-electron chi connectivity index (χ2n) is 7.20. The Labute approximate surface area is 148 Å². The van der Waals surface area contributed by atoms with Crippen LogP contribution in [0, 0.1) is 0 Å². The van der Waals surface area contributed by atoms with Crippen LogP contribution in [0.4, 0.5) is 5.82 Å². The van der Waals surface area contributed by atoms with E-state index in [1.807, 2.05) is 23.0 Å². The molecule has 6 heteroatoms. The Kier molecular flexibility index (Phi) is 4.29. The fraction of sp³-hybridized carbons (Fsp3) is 0.526. The van der Waals surface area contributed by atoms with Crippen molar-refractivity contribution in [2.24, 2.45) is 0 Å². The van der Waals surface area contributed by atoms with Gasteiger partial charge in [0.1, 0.15) is 5.82 Å². The smallest absolute Gasteiger partial charge is 0.228 e. The molecule has 132 valence electrons. The Morgan fingerprint density at radius 1 is 1.08 bits per heavy atom. The first-order chi connectivity index (χ1) is 12.1. The first-order valence-electron chi connectivity index (χ1n) is 9.20. The molecule has 0 spiro atoms. The Morgan fingerprint density at radius 3 is 2.60 bits per heavy atom. The first kappa shape index (κ1) is 16.3. The van der Waals surface area contributed by atoms with Gasteiger partial charge >= 0.3 is 0 Å². The van der Waals surface area contributed by atoms with Gasteiger partial charge in [0.2, 0.25) is 5.91 Å². The zero-order chi connectivity index (χ0) is 17.4. The number of anilines is 1. The molecule has 1 saturated heterocycles. The third-order valence-corrected chi connectivity index (χ3v) is 5.26. The van der Waals surface area contributed by atoms with E-state index in [1.54, 1.807) is 4.90 Å². The van der Waals surface area contributed by atoms with Crippen LogP contribution in [0.15, 0.2) is 24.5 Å². The van der Waals surface area contributed by atoms with E-state index in [9.17, 15) is 4.79 Å². The van der Waals surface area contributed by atoms with Crippen molar-refractivity contribution in [1.82, 2.24) is 19.7 Å². The van der Waals surface area contributed by atoms with E-state index in [0.717, 1.165) is 50.4 Å². The minimum atomic E-state index is 0.167. The zero-order valence-electron chi connectivity index (χ0n) is 15.0. The fourth-order valence-corrected chi connectivity index (χ4v) is 3.70. The number of hydrogen-bond donors (Lipinski definition) is 0. The molecule has 6 nitrogen and oxygen atoms in total. The predicted octanol–water partition coefficient (Wildman–Crippen LogP) is 2.20. The van der Waals surface area contributed by atoms with Gasteiger partial charge in [-0.3, -0.25) is 9.69 Å². The molecule has 1 amide bonds. The van der Waals surface area contributed by atoms with Crippen molar-refractivity contribution >= 4 is 11.7 Å². The van der Waals surface area contributed by atoms with Crippen LogP contribution in [0.5, 0.6) is 0 Å². The Morgan fingerprint density at radius 2 is 1.92 bits per heavy atom. The van der Waals surface area contributed by atoms with Crippen LogP contribution in [0.1, 0.15) is 37.9 Å². The molecule has 0 radical (unpaired) electrons. The SMILES string of the molecule is CC(C)N1CCc2cn(-c3ccc(N4CCCC4=O)nc3)nc2CC1. The molecule has 2 aromatic heterocycles. The van der Waals surface area contributed by atoms with Crippen molar-refractivity contribution in [3.8, 4) is 5.69 Å². The summed E-state index contributed by atoms with van der Waals surface area (Å²) in [4.78, 5) is 20.6. The highest BCUT2D eigenvalue weighted by molar-refractivity contribution is 5.94. The second kappa shape index (κ2) is 6.59. The standard InChI is InChI=1S/C19H25N5O/c1-14(2)22-10-7-15-13-24(21-17(15)8-11-22)16-5-6-18(20-12-16)23-9-3-4-19(23)25/h5-6,12-14H,3-4,7-11H2,1-2H3. The van der Waals surface area contributed by atoms with Gasteiger partial charge in [-0.15, -0.1) is 0 Å². The molecule has 0 aliphatic carbocycles. The van der Waals surface area contributed by atoms with Gasteiger partial charge < -0.3 is 4.90 Å². The monoisotopic (exact) mass is 339 g/mol. The fourth-order valence-electron chi connectivity index (χ4n) is 3.70. The molecule has 2 aliphatic rings. The highest BCUT2D eigenvalue weighted by Crippen LogP contribution is 2.22. The highest BCUT2D eigenvalue weighted by atomic mass is 16.2. The molecular weight excluding hydrogens is 314 g/mol. The molecule has 4 rings (SSSR count). The summed E-state index contributed by atoms with van der Waals surface area (Å²) in [7, 11) is 0. The minimum Gasteiger partial charge on any atom is -0.300 e. The molecule has 1 fully saturated rings.